The second-order valence-corrected chi connectivity index (χ2v) is 7.28. The Morgan fingerprint density at radius 2 is 1.85 bits per heavy atom. The summed E-state index contributed by atoms with van der Waals surface area (Å²) in [7, 11) is 0. The molecule has 0 spiro atoms. The van der Waals surface area contributed by atoms with Crippen molar-refractivity contribution in [2.24, 2.45) is 0 Å². The third kappa shape index (κ3) is 5.91. The summed E-state index contributed by atoms with van der Waals surface area (Å²) in [4.78, 5) is 27.7. The second kappa shape index (κ2) is 9.93. The van der Waals surface area contributed by atoms with Gasteiger partial charge < -0.3 is 20.5 Å². The lowest BCUT2D eigenvalue weighted by molar-refractivity contribution is -0.139. The molecule has 13 heteroatoms. The van der Waals surface area contributed by atoms with Gasteiger partial charge in [0.1, 0.15) is 23.9 Å². The zero-order valence-corrected chi connectivity index (χ0v) is 17.6. The lowest BCUT2D eigenvalue weighted by Crippen LogP contribution is -2.45. The van der Waals surface area contributed by atoms with Crippen molar-refractivity contribution in [3.05, 3.63) is 65.1 Å². The number of imidazole rings is 1. The van der Waals surface area contributed by atoms with Gasteiger partial charge in [-0.2, -0.15) is 13.2 Å². The van der Waals surface area contributed by atoms with Crippen molar-refractivity contribution in [1.82, 2.24) is 20.0 Å². The molecule has 3 N–H and O–H groups in total. The predicted octanol–water partition coefficient (Wildman–Crippen LogP) is 3.82. The topological polar surface area (TPSA) is 105 Å². The van der Waals surface area contributed by atoms with E-state index >= 15 is 0 Å². The summed E-state index contributed by atoms with van der Waals surface area (Å²) in [5.74, 6) is -2.29. The summed E-state index contributed by atoms with van der Waals surface area (Å²) < 4.78 is 72.6. The first-order chi connectivity index (χ1) is 16.0. The largest absolute Gasteiger partial charge is 0.485 e. The highest BCUT2D eigenvalue weighted by atomic mass is 19.4. The van der Waals surface area contributed by atoms with E-state index in [0.29, 0.717) is 0 Å². The number of nitrogens with one attached hydrogen (secondary N) is 2. The monoisotopic (exact) mass is 486 g/mol. The lowest BCUT2D eigenvalue weighted by atomic mass is 10.2. The Hall–Kier alpha value is -3.90. The molecule has 0 saturated carbocycles. The molecule has 1 aromatic carbocycles. The van der Waals surface area contributed by atoms with Gasteiger partial charge in [0.25, 0.3) is 5.91 Å². The molecule has 3 rings (SSSR count). The minimum absolute atomic E-state index is 0.0291. The summed E-state index contributed by atoms with van der Waals surface area (Å²) in [6.45, 7) is 0.399. The Bertz CT molecular complexity index is 1190. The van der Waals surface area contributed by atoms with Gasteiger partial charge in [-0.3, -0.25) is 9.20 Å². The number of aromatic nitrogens is 2. The van der Waals surface area contributed by atoms with Crippen LogP contribution in [-0.4, -0.2) is 45.3 Å². The van der Waals surface area contributed by atoms with Crippen LogP contribution >= 0.6 is 0 Å². The number of hydrogen-bond donors (Lipinski definition) is 3. The van der Waals surface area contributed by atoms with Crippen LogP contribution < -0.4 is 15.4 Å². The van der Waals surface area contributed by atoms with Crippen LogP contribution in [0.15, 0.2) is 36.5 Å². The summed E-state index contributed by atoms with van der Waals surface area (Å²) in [6.07, 6.45) is -6.34. The van der Waals surface area contributed by atoms with Crippen LogP contribution in [0.5, 0.6) is 5.75 Å². The quantitative estimate of drug-likeness (QED) is 0.420. The van der Waals surface area contributed by atoms with Crippen molar-refractivity contribution in [2.45, 2.75) is 32.2 Å². The number of amides is 2. The predicted molar refractivity (Wildman–Crippen MR) is 109 cm³/mol. The summed E-state index contributed by atoms with van der Waals surface area (Å²) in [5.41, 5.74) is 0.00702. The molecule has 0 aliphatic carbocycles. The molecule has 0 bridgehead atoms. The van der Waals surface area contributed by atoms with E-state index in [1.54, 1.807) is 5.32 Å². The van der Waals surface area contributed by atoms with E-state index in [4.69, 9.17) is 9.84 Å². The molecule has 2 aromatic heterocycles. The molecule has 3 aromatic rings. The number of aryl methyl sites for hydroxylation is 1. The molecular weight excluding hydrogens is 467 g/mol. The van der Waals surface area contributed by atoms with Gasteiger partial charge in [0.15, 0.2) is 11.4 Å². The van der Waals surface area contributed by atoms with Gasteiger partial charge in [-0.05, 0) is 31.2 Å². The number of alkyl halides is 3. The van der Waals surface area contributed by atoms with Crippen LogP contribution in [-0.2, 0) is 6.61 Å². The van der Waals surface area contributed by atoms with Gasteiger partial charge in [-0.15, -0.1) is 0 Å². The molecule has 0 saturated heterocycles. The number of fused-ring (bicyclic) bond motifs is 1. The number of ether oxygens (including phenoxy) is 1. The van der Waals surface area contributed by atoms with Crippen molar-refractivity contribution < 1.29 is 41.4 Å². The maximum absolute atomic E-state index is 13.9. The Labute approximate surface area is 189 Å². The maximum atomic E-state index is 13.9. The van der Waals surface area contributed by atoms with Crippen LogP contribution in [0.4, 0.5) is 26.7 Å². The highest BCUT2D eigenvalue weighted by Gasteiger charge is 2.33. The lowest BCUT2D eigenvalue weighted by Gasteiger charge is -2.19. The number of carbonyl (C=O) groups is 2. The smallest absolute Gasteiger partial charge is 0.404 e. The molecule has 182 valence electrons. The van der Waals surface area contributed by atoms with E-state index < -0.39 is 55.4 Å². The molecule has 0 radical (unpaired) electrons. The molecule has 2 heterocycles. The van der Waals surface area contributed by atoms with E-state index in [1.165, 1.54) is 35.7 Å². The number of nitrogens with zero attached hydrogens (tertiary/aromatic N) is 2. The number of carboxylic acid groups (broad SMARTS) is 1. The number of hydrogen-bond acceptors (Lipinski definition) is 4. The fraction of sp³-hybridized carbons (Fsp3) is 0.286. The van der Waals surface area contributed by atoms with Gasteiger partial charge in [0.2, 0.25) is 0 Å². The maximum Gasteiger partial charge on any atom is 0.404 e. The highest BCUT2D eigenvalue weighted by molar-refractivity contribution is 5.95. The molecule has 0 aliphatic heterocycles. The SMILES string of the molecule is Cc1nc2c(OCc3c(F)cccc3F)cccn2c1C(=O)NCC(CC(F)(F)F)NC(=O)O. The fourth-order valence-corrected chi connectivity index (χ4v) is 3.29. The third-order valence-corrected chi connectivity index (χ3v) is 4.75. The first-order valence-corrected chi connectivity index (χ1v) is 9.84. The molecule has 0 fully saturated rings. The average molecular weight is 486 g/mol. The Morgan fingerprint density at radius 3 is 2.47 bits per heavy atom. The normalized spacial score (nSPS) is 12.4. The summed E-state index contributed by atoms with van der Waals surface area (Å²) in [5, 5.41) is 12.7. The van der Waals surface area contributed by atoms with Gasteiger partial charge in [-0.25, -0.2) is 18.6 Å². The molecule has 0 aliphatic rings. The van der Waals surface area contributed by atoms with Crippen molar-refractivity contribution in [1.29, 1.82) is 0 Å². The van der Waals surface area contributed by atoms with E-state index in [-0.39, 0.29) is 28.3 Å². The van der Waals surface area contributed by atoms with Crippen LogP contribution in [0.1, 0.15) is 28.2 Å². The van der Waals surface area contributed by atoms with Crippen LogP contribution in [0.3, 0.4) is 0 Å². The number of halogens is 5. The van der Waals surface area contributed by atoms with Gasteiger partial charge in [0.05, 0.1) is 23.7 Å². The van der Waals surface area contributed by atoms with Crippen molar-refractivity contribution in [3.8, 4) is 5.75 Å². The summed E-state index contributed by atoms with van der Waals surface area (Å²) in [6, 6.07) is 4.72. The van der Waals surface area contributed by atoms with Crippen molar-refractivity contribution in [2.75, 3.05) is 6.54 Å². The van der Waals surface area contributed by atoms with Crippen molar-refractivity contribution in [3.63, 3.8) is 0 Å². The molecule has 8 nitrogen and oxygen atoms in total. The van der Waals surface area contributed by atoms with E-state index in [9.17, 15) is 31.5 Å². The molecule has 2 amide bonds. The van der Waals surface area contributed by atoms with Gasteiger partial charge >= 0.3 is 12.3 Å². The van der Waals surface area contributed by atoms with Gasteiger partial charge in [0, 0.05) is 12.7 Å². The minimum Gasteiger partial charge on any atom is -0.485 e. The molecule has 34 heavy (non-hydrogen) atoms. The van der Waals surface area contributed by atoms with E-state index in [2.05, 4.69) is 10.3 Å². The number of benzene rings is 1. The Kier molecular flexibility index (Phi) is 7.23. The van der Waals surface area contributed by atoms with Crippen LogP contribution in [0, 0.1) is 18.6 Å². The molecule has 1 atom stereocenters. The number of rotatable bonds is 8. The second-order valence-electron chi connectivity index (χ2n) is 7.28. The van der Waals surface area contributed by atoms with Crippen LogP contribution in [0.2, 0.25) is 0 Å². The third-order valence-electron chi connectivity index (χ3n) is 4.75. The zero-order chi connectivity index (χ0) is 25.0. The fourth-order valence-electron chi connectivity index (χ4n) is 3.29. The summed E-state index contributed by atoms with van der Waals surface area (Å²) >= 11 is 0. The standard InChI is InChI=1S/C21H19F5N4O4/c1-11-17(19(31)27-9-12(29-20(32)33)8-21(24,25)26)30-7-3-6-16(18(30)28-11)34-10-13-14(22)4-2-5-15(13)23/h2-7,12,29H,8-10H2,1H3,(H,27,31)(H,32,33). The van der Waals surface area contributed by atoms with E-state index in [0.717, 1.165) is 12.1 Å². The van der Waals surface area contributed by atoms with E-state index in [1.807, 2.05) is 0 Å². The number of carbonyl (C=O) groups excluding carboxylic acids is 1. The highest BCUT2D eigenvalue weighted by Crippen LogP contribution is 2.25. The van der Waals surface area contributed by atoms with Crippen LogP contribution in [0.25, 0.3) is 5.65 Å². The Balaban J connectivity index is 1.80. The number of pyridine rings is 1. The Morgan fingerprint density at radius 1 is 1.18 bits per heavy atom. The average Bonchev–Trinajstić information content (AvgIpc) is 3.06. The first kappa shape index (κ1) is 24.7. The zero-order valence-electron chi connectivity index (χ0n) is 17.6. The van der Waals surface area contributed by atoms with Crippen molar-refractivity contribution >= 4 is 17.6 Å². The molecule has 1 unspecified atom stereocenters. The molecular formula is C21H19F5N4O4. The minimum atomic E-state index is -4.65. The van der Waals surface area contributed by atoms with Gasteiger partial charge in [-0.1, -0.05) is 6.07 Å². The first-order valence-electron chi connectivity index (χ1n) is 9.84.